The van der Waals surface area contributed by atoms with Crippen LogP contribution in [-0.4, -0.2) is 33.2 Å². The van der Waals surface area contributed by atoms with Crippen LogP contribution in [-0.2, 0) is 26.7 Å². The van der Waals surface area contributed by atoms with Gasteiger partial charge in [-0.25, -0.2) is 0 Å². The normalized spacial score (nSPS) is 16.8. The number of nitrogens with zero attached hydrogens (tertiary/aromatic N) is 5. The van der Waals surface area contributed by atoms with Gasteiger partial charge in [-0.05, 0) is 37.6 Å². The topological polar surface area (TPSA) is 48.1 Å². The second-order valence-electron chi connectivity index (χ2n) is 7.09. The van der Waals surface area contributed by atoms with Gasteiger partial charge in [0, 0.05) is 26.2 Å². The molecule has 4 rings (SSSR count). The van der Waals surface area contributed by atoms with Crippen LogP contribution in [0.3, 0.4) is 0 Å². The van der Waals surface area contributed by atoms with Gasteiger partial charge in [-0.15, -0.1) is 0 Å². The number of fused-ring (bicyclic) bond motifs is 1. The summed E-state index contributed by atoms with van der Waals surface area (Å²) in [5.74, 6) is 0.723. The van der Waals surface area contributed by atoms with E-state index in [4.69, 9.17) is 4.74 Å². The lowest BCUT2D eigenvalue weighted by atomic mass is 9.96. The zero-order chi connectivity index (χ0) is 20.9. The number of ether oxygens (including phenoxy) is 1. The van der Waals surface area contributed by atoms with Crippen LogP contribution in [0.4, 0.5) is 18.9 Å². The predicted molar refractivity (Wildman–Crippen MR) is 102 cm³/mol. The van der Waals surface area contributed by atoms with Crippen LogP contribution in [0.15, 0.2) is 24.3 Å². The Morgan fingerprint density at radius 3 is 2.62 bits per heavy atom. The van der Waals surface area contributed by atoms with Crippen molar-refractivity contribution < 1.29 is 17.9 Å². The summed E-state index contributed by atoms with van der Waals surface area (Å²) in [5, 5.41) is 8.31. The fraction of sp³-hybridized carbons (Fsp3) is 0.400. The van der Waals surface area contributed by atoms with Crippen molar-refractivity contribution in [1.29, 1.82) is 0 Å². The summed E-state index contributed by atoms with van der Waals surface area (Å²) in [5.41, 5.74) is 2.91. The largest absolute Gasteiger partial charge is 0.495 e. The Balaban J connectivity index is 1.77. The Morgan fingerprint density at radius 1 is 1.21 bits per heavy atom. The molecule has 6 nitrogen and oxygen atoms in total. The molecule has 0 saturated heterocycles. The number of aryl methyl sites for hydroxylation is 2. The Labute approximate surface area is 166 Å². The van der Waals surface area contributed by atoms with E-state index >= 15 is 0 Å². The van der Waals surface area contributed by atoms with E-state index in [1.165, 1.54) is 11.7 Å². The molecule has 1 aromatic carbocycles. The summed E-state index contributed by atoms with van der Waals surface area (Å²) in [6.45, 7) is 2.73. The third kappa shape index (κ3) is 3.14. The third-order valence-corrected chi connectivity index (χ3v) is 5.39. The van der Waals surface area contributed by atoms with Gasteiger partial charge in [0.15, 0.2) is 5.69 Å². The van der Waals surface area contributed by atoms with Crippen LogP contribution in [0, 0.1) is 6.07 Å². The molecule has 0 aliphatic carbocycles. The molecule has 3 aromatic rings. The Morgan fingerprint density at radius 2 is 1.97 bits per heavy atom. The predicted octanol–water partition coefficient (Wildman–Crippen LogP) is 3.77. The molecular weight excluding hydrogens is 383 g/mol. The first-order valence-electron chi connectivity index (χ1n) is 9.20. The monoisotopic (exact) mass is 404 g/mol. The summed E-state index contributed by atoms with van der Waals surface area (Å²) in [7, 11) is 4.89. The van der Waals surface area contributed by atoms with Crippen molar-refractivity contribution in [3.63, 3.8) is 0 Å². The summed E-state index contributed by atoms with van der Waals surface area (Å²) in [6.07, 6.45) is -3.84. The van der Waals surface area contributed by atoms with Gasteiger partial charge in [0.1, 0.15) is 5.75 Å². The maximum absolute atomic E-state index is 13.1. The summed E-state index contributed by atoms with van der Waals surface area (Å²) in [6, 6.07) is 9.60. The minimum absolute atomic E-state index is 0.0645. The van der Waals surface area contributed by atoms with Crippen molar-refractivity contribution in [2.75, 3.05) is 18.6 Å². The van der Waals surface area contributed by atoms with Crippen molar-refractivity contribution in [3.8, 4) is 17.1 Å². The van der Waals surface area contributed by atoms with E-state index in [2.05, 4.69) is 21.2 Å². The van der Waals surface area contributed by atoms with Gasteiger partial charge in [-0.1, -0.05) is 6.07 Å². The second kappa shape index (κ2) is 6.82. The van der Waals surface area contributed by atoms with E-state index in [0.717, 1.165) is 28.8 Å². The molecule has 3 heterocycles. The molecule has 2 aromatic heterocycles. The molecule has 1 atom stereocenters. The van der Waals surface area contributed by atoms with Gasteiger partial charge in [0.05, 0.1) is 35.9 Å². The minimum Gasteiger partial charge on any atom is -0.495 e. The van der Waals surface area contributed by atoms with Crippen molar-refractivity contribution in [1.82, 2.24) is 19.6 Å². The number of methoxy groups -OCH3 is 1. The highest BCUT2D eigenvalue weighted by Crippen LogP contribution is 2.41. The van der Waals surface area contributed by atoms with Gasteiger partial charge in [0.25, 0.3) is 0 Å². The number of aromatic nitrogens is 4. The third-order valence-electron chi connectivity index (χ3n) is 5.39. The number of benzene rings is 1. The Bertz CT molecular complexity index is 1050. The van der Waals surface area contributed by atoms with E-state index in [1.54, 1.807) is 24.9 Å². The number of rotatable bonds is 3. The van der Waals surface area contributed by atoms with E-state index in [-0.39, 0.29) is 6.04 Å². The van der Waals surface area contributed by atoms with Crippen molar-refractivity contribution in [3.05, 3.63) is 47.3 Å². The number of anilines is 1. The number of hydrogen-bond donors (Lipinski definition) is 0. The van der Waals surface area contributed by atoms with Gasteiger partial charge in [-0.3, -0.25) is 9.36 Å². The molecule has 153 valence electrons. The van der Waals surface area contributed by atoms with E-state index in [9.17, 15) is 13.2 Å². The van der Waals surface area contributed by atoms with Crippen LogP contribution < -0.4 is 9.64 Å². The number of alkyl halides is 3. The molecule has 0 N–H and O–H groups in total. The fourth-order valence-electron chi connectivity index (χ4n) is 4.03. The standard InChI is InChI=1S/C20H21F3N5O/c1-12-18-13(9-10-28(12)14-7-5-6-8-16(14)29-4)19(27(3)25-18)15-11-17(20(21,22)23)24-26(15)2/h5,7-8,11-12H,9-10H2,1-4H3/t12-/m0/s1. The molecule has 0 unspecified atom stereocenters. The van der Waals surface area contributed by atoms with Crippen molar-refractivity contribution in [2.45, 2.75) is 25.6 Å². The molecule has 0 fully saturated rings. The first-order valence-corrected chi connectivity index (χ1v) is 9.20. The van der Waals surface area contributed by atoms with Crippen LogP contribution in [0.25, 0.3) is 11.4 Å². The Hall–Kier alpha value is -2.97. The highest BCUT2D eigenvalue weighted by atomic mass is 19.4. The highest BCUT2D eigenvalue weighted by Gasteiger charge is 2.37. The molecular formula is C20H21F3N5O. The summed E-state index contributed by atoms with van der Waals surface area (Å²) in [4.78, 5) is 2.19. The quantitative estimate of drug-likeness (QED) is 0.667. The highest BCUT2D eigenvalue weighted by molar-refractivity contribution is 5.66. The Kier molecular flexibility index (Phi) is 4.55. The zero-order valence-corrected chi connectivity index (χ0v) is 16.6. The van der Waals surface area contributed by atoms with Crippen molar-refractivity contribution in [2.24, 2.45) is 14.1 Å². The molecule has 0 spiro atoms. The second-order valence-corrected chi connectivity index (χ2v) is 7.09. The molecule has 29 heavy (non-hydrogen) atoms. The zero-order valence-electron chi connectivity index (χ0n) is 16.6. The summed E-state index contributed by atoms with van der Waals surface area (Å²) < 4.78 is 47.7. The SMILES string of the molecule is COc1c[c]ccc1N1CCc2c(nn(C)c2-c2cc(C(F)(F)F)nn2C)[C@@H]1C. The number of hydrogen-bond acceptors (Lipinski definition) is 4. The van der Waals surface area contributed by atoms with E-state index < -0.39 is 11.9 Å². The molecule has 1 radical (unpaired) electrons. The van der Waals surface area contributed by atoms with E-state index in [1.807, 2.05) is 19.1 Å². The maximum atomic E-state index is 13.1. The smallest absolute Gasteiger partial charge is 0.435 e. The van der Waals surface area contributed by atoms with Crippen LogP contribution in [0.5, 0.6) is 5.75 Å². The van der Waals surface area contributed by atoms with Crippen LogP contribution >= 0.6 is 0 Å². The maximum Gasteiger partial charge on any atom is 0.435 e. The lowest BCUT2D eigenvalue weighted by Crippen LogP contribution is -2.34. The minimum atomic E-state index is -4.49. The average Bonchev–Trinajstić information content (AvgIpc) is 3.21. The molecule has 0 bridgehead atoms. The first-order chi connectivity index (χ1) is 13.7. The van der Waals surface area contributed by atoms with Crippen LogP contribution in [0.1, 0.15) is 29.9 Å². The van der Waals surface area contributed by atoms with Crippen molar-refractivity contribution >= 4 is 5.69 Å². The summed E-state index contributed by atoms with van der Waals surface area (Å²) >= 11 is 0. The molecule has 9 heteroatoms. The van der Waals surface area contributed by atoms with Crippen LogP contribution in [0.2, 0.25) is 0 Å². The van der Waals surface area contributed by atoms with Gasteiger partial charge < -0.3 is 9.64 Å². The van der Waals surface area contributed by atoms with Gasteiger partial charge in [-0.2, -0.15) is 23.4 Å². The first kappa shape index (κ1) is 19.4. The lowest BCUT2D eigenvalue weighted by molar-refractivity contribution is -0.141. The lowest BCUT2D eigenvalue weighted by Gasteiger charge is -2.35. The molecule has 0 saturated carbocycles. The molecule has 1 aliphatic heterocycles. The number of halogens is 3. The molecule has 1 aliphatic rings. The van der Waals surface area contributed by atoms with Gasteiger partial charge >= 0.3 is 6.18 Å². The fourth-order valence-corrected chi connectivity index (χ4v) is 4.03. The average molecular weight is 404 g/mol. The molecule has 0 amide bonds. The van der Waals surface area contributed by atoms with Gasteiger partial charge in [0.2, 0.25) is 0 Å². The van der Waals surface area contributed by atoms with E-state index in [0.29, 0.717) is 24.4 Å².